The summed E-state index contributed by atoms with van der Waals surface area (Å²) in [5.41, 5.74) is 6.21. The molecule has 0 fully saturated rings. The first-order valence-corrected chi connectivity index (χ1v) is 6.68. The zero-order valence-electron chi connectivity index (χ0n) is 10.2. The summed E-state index contributed by atoms with van der Waals surface area (Å²) in [5, 5.41) is 4.92. The van der Waals surface area contributed by atoms with Crippen LogP contribution in [-0.2, 0) is 10.5 Å². The van der Waals surface area contributed by atoms with Crippen LogP contribution in [0.5, 0.6) is 0 Å². The maximum Gasteiger partial charge on any atom is 0.312 e. The van der Waals surface area contributed by atoms with E-state index in [-0.39, 0.29) is 5.91 Å². The number of nitrogens with two attached hydrogens (primary N) is 1. The van der Waals surface area contributed by atoms with Crippen molar-refractivity contribution in [1.29, 1.82) is 0 Å². The predicted octanol–water partition coefficient (Wildman–Crippen LogP) is 0.703. The summed E-state index contributed by atoms with van der Waals surface area (Å²) in [6.07, 6.45) is 0. The second-order valence-electron chi connectivity index (χ2n) is 3.68. The minimum Gasteiger partial charge on any atom is -0.357 e. The fourth-order valence-electron chi connectivity index (χ4n) is 1.40. The average Bonchev–Trinajstić information content (AvgIpc) is 2.37. The van der Waals surface area contributed by atoms with E-state index in [0.717, 1.165) is 5.75 Å². The van der Waals surface area contributed by atoms with Gasteiger partial charge in [-0.2, -0.15) is 11.8 Å². The third-order valence-corrected chi connectivity index (χ3v) is 3.38. The lowest BCUT2D eigenvalue weighted by molar-refractivity contribution is -0.121. The molecule has 0 aromatic heterocycles. The lowest BCUT2D eigenvalue weighted by Crippen LogP contribution is -2.49. The Labute approximate surface area is 111 Å². The van der Waals surface area contributed by atoms with Gasteiger partial charge in [0.05, 0.1) is 0 Å². The lowest BCUT2D eigenvalue weighted by atomic mass is 10.2. The fraction of sp³-hybridized carbons (Fsp3) is 0.333. The van der Waals surface area contributed by atoms with Crippen molar-refractivity contribution in [3.05, 3.63) is 35.9 Å². The number of amides is 3. The van der Waals surface area contributed by atoms with Gasteiger partial charge in [0, 0.05) is 18.6 Å². The minimum atomic E-state index is -0.691. The van der Waals surface area contributed by atoms with Crippen molar-refractivity contribution in [1.82, 2.24) is 10.6 Å². The van der Waals surface area contributed by atoms with Crippen LogP contribution in [0, 0.1) is 0 Å². The van der Waals surface area contributed by atoms with Crippen molar-refractivity contribution in [3.63, 3.8) is 0 Å². The number of thioether (sulfide) groups is 1. The number of rotatable bonds is 6. The first-order valence-electron chi connectivity index (χ1n) is 5.52. The summed E-state index contributed by atoms with van der Waals surface area (Å²) in [6, 6.07) is 8.63. The van der Waals surface area contributed by atoms with Crippen LogP contribution in [0.4, 0.5) is 4.79 Å². The van der Waals surface area contributed by atoms with Crippen molar-refractivity contribution in [2.75, 3.05) is 12.8 Å². The highest BCUT2D eigenvalue weighted by atomic mass is 32.2. The second-order valence-corrected chi connectivity index (χ2v) is 4.71. The minimum absolute atomic E-state index is 0.241. The molecule has 0 aliphatic carbocycles. The Balaban J connectivity index is 2.42. The molecule has 6 heteroatoms. The quantitative estimate of drug-likeness (QED) is 0.709. The maximum atomic E-state index is 11.5. The molecule has 1 atom stereocenters. The molecule has 18 heavy (non-hydrogen) atoms. The Bertz CT molecular complexity index is 398. The Morgan fingerprint density at radius 2 is 2.00 bits per heavy atom. The topological polar surface area (TPSA) is 84.2 Å². The molecule has 1 aromatic carbocycles. The van der Waals surface area contributed by atoms with Gasteiger partial charge in [0.15, 0.2) is 0 Å². The van der Waals surface area contributed by atoms with E-state index in [1.807, 2.05) is 30.3 Å². The van der Waals surface area contributed by atoms with Gasteiger partial charge < -0.3 is 16.4 Å². The molecule has 0 aliphatic heterocycles. The van der Waals surface area contributed by atoms with E-state index in [1.54, 1.807) is 11.8 Å². The Hall–Kier alpha value is -1.69. The van der Waals surface area contributed by atoms with E-state index in [4.69, 9.17) is 5.73 Å². The molecule has 98 valence electrons. The second kappa shape index (κ2) is 7.60. The van der Waals surface area contributed by atoms with Crippen LogP contribution in [0.25, 0.3) is 0 Å². The molecule has 0 aliphatic rings. The van der Waals surface area contributed by atoms with Crippen LogP contribution >= 0.6 is 11.8 Å². The SMILES string of the molecule is CNC(=O)C(CSCc1ccccc1)NC(N)=O. The Morgan fingerprint density at radius 1 is 1.33 bits per heavy atom. The number of likely N-dealkylation sites (N-methyl/N-ethyl adjacent to an activating group) is 1. The smallest absolute Gasteiger partial charge is 0.312 e. The molecule has 0 saturated heterocycles. The van der Waals surface area contributed by atoms with Gasteiger partial charge in [0.25, 0.3) is 0 Å². The van der Waals surface area contributed by atoms with Crippen molar-refractivity contribution in [2.45, 2.75) is 11.8 Å². The van der Waals surface area contributed by atoms with E-state index in [1.165, 1.54) is 12.6 Å². The molecule has 0 saturated carbocycles. The van der Waals surface area contributed by atoms with Crippen LogP contribution in [0.2, 0.25) is 0 Å². The van der Waals surface area contributed by atoms with E-state index < -0.39 is 12.1 Å². The van der Waals surface area contributed by atoms with Crippen molar-refractivity contribution >= 4 is 23.7 Å². The number of benzene rings is 1. The van der Waals surface area contributed by atoms with Gasteiger partial charge in [-0.15, -0.1) is 0 Å². The zero-order valence-corrected chi connectivity index (χ0v) is 11.0. The molecular weight excluding hydrogens is 250 g/mol. The molecule has 1 rings (SSSR count). The summed E-state index contributed by atoms with van der Waals surface area (Å²) in [7, 11) is 1.53. The van der Waals surface area contributed by atoms with Crippen molar-refractivity contribution in [3.8, 4) is 0 Å². The molecule has 3 amide bonds. The predicted molar refractivity (Wildman–Crippen MR) is 73.2 cm³/mol. The summed E-state index contributed by atoms with van der Waals surface area (Å²) in [6.45, 7) is 0. The molecule has 5 nitrogen and oxygen atoms in total. The van der Waals surface area contributed by atoms with Crippen LogP contribution in [0.3, 0.4) is 0 Å². The van der Waals surface area contributed by atoms with Crippen LogP contribution in [0.15, 0.2) is 30.3 Å². The van der Waals surface area contributed by atoms with Gasteiger partial charge in [0.2, 0.25) is 5.91 Å². The van der Waals surface area contributed by atoms with Crippen LogP contribution in [0.1, 0.15) is 5.56 Å². The number of carbonyl (C=O) groups is 2. The molecular formula is C12H17N3O2S. The summed E-state index contributed by atoms with van der Waals surface area (Å²) < 4.78 is 0. The summed E-state index contributed by atoms with van der Waals surface area (Å²) in [4.78, 5) is 22.3. The van der Waals surface area contributed by atoms with E-state index in [2.05, 4.69) is 10.6 Å². The van der Waals surface area contributed by atoms with Gasteiger partial charge in [-0.1, -0.05) is 30.3 Å². The fourth-order valence-corrected chi connectivity index (χ4v) is 2.41. The highest BCUT2D eigenvalue weighted by molar-refractivity contribution is 7.98. The third kappa shape index (κ3) is 5.09. The molecule has 4 N–H and O–H groups in total. The summed E-state index contributed by atoms with van der Waals surface area (Å²) in [5.74, 6) is 1.03. The molecule has 0 spiro atoms. The number of primary amides is 1. The van der Waals surface area contributed by atoms with Crippen LogP contribution < -0.4 is 16.4 Å². The van der Waals surface area contributed by atoms with Gasteiger partial charge in [-0.05, 0) is 5.56 Å². The lowest BCUT2D eigenvalue weighted by Gasteiger charge is -2.15. The first-order chi connectivity index (χ1) is 8.63. The van der Waals surface area contributed by atoms with E-state index >= 15 is 0 Å². The highest BCUT2D eigenvalue weighted by Gasteiger charge is 2.18. The molecule has 1 aromatic rings. The standard InChI is InChI=1S/C12H17N3O2S/c1-14-11(16)10(15-12(13)17)8-18-7-9-5-3-2-4-6-9/h2-6,10H,7-8H2,1H3,(H,14,16)(H3,13,15,17). The number of nitrogens with one attached hydrogen (secondary N) is 2. The number of carbonyl (C=O) groups excluding carboxylic acids is 2. The van der Waals surface area contributed by atoms with Crippen LogP contribution in [-0.4, -0.2) is 30.8 Å². The van der Waals surface area contributed by atoms with Gasteiger partial charge in [-0.3, -0.25) is 4.79 Å². The largest absolute Gasteiger partial charge is 0.357 e. The van der Waals surface area contributed by atoms with E-state index in [0.29, 0.717) is 5.75 Å². The molecule has 0 heterocycles. The monoisotopic (exact) mass is 267 g/mol. The number of hydrogen-bond donors (Lipinski definition) is 3. The van der Waals surface area contributed by atoms with Gasteiger partial charge >= 0.3 is 6.03 Å². The van der Waals surface area contributed by atoms with Gasteiger partial charge in [-0.25, -0.2) is 4.79 Å². The number of urea groups is 1. The Kier molecular flexibility index (Phi) is 6.07. The maximum absolute atomic E-state index is 11.5. The molecule has 1 unspecified atom stereocenters. The third-order valence-electron chi connectivity index (χ3n) is 2.28. The van der Waals surface area contributed by atoms with E-state index in [9.17, 15) is 9.59 Å². The summed E-state index contributed by atoms with van der Waals surface area (Å²) >= 11 is 1.57. The van der Waals surface area contributed by atoms with Crippen molar-refractivity contribution in [2.24, 2.45) is 5.73 Å². The highest BCUT2D eigenvalue weighted by Crippen LogP contribution is 2.12. The normalized spacial score (nSPS) is 11.6. The number of hydrogen-bond acceptors (Lipinski definition) is 3. The first kappa shape index (κ1) is 14.4. The molecule has 0 bridgehead atoms. The van der Waals surface area contributed by atoms with Gasteiger partial charge in [0.1, 0.15) is 6.04 Å². The Morgan fingerprint density at radius 3 is 2.56 bits per heavy atom. The zero-order chi connectivity index (χ0) is 13.4. The average molecular weight is 267 g/mol. The van der Waals surface area contributed by atoms with Crippen molar-refractivity contribution < 1.29 is 9.59 Å². The molecule has 0 radical (unpaired) electrons.